The summed E-state index contributed by atoms with van der Waals surface area (Å²) < 4.78 is 1.48. The first kappa shape index (κ1) is 13.2. The second-order valence-electron chi connectivity index (χ2n) is 4.38. The number of rotatable bonds is 5. The third-order valence-electron chi connectivity index (χ3n) is 2.67. The monoisotopic (exact) mass is 259 g/mol. The first-order valence-corrected chi connectivity index (χ1v) is 6.08. The molecule has 2 aromatic rings. The maximum absolute atomic E-state index is 11.7. The van der Waals surface area contributed by atoms with E-state index in [-0.39, 0.29) is 12.5 Å². The minimum atomic E-state index is -0.102. The highest BCUT2D eigenvalue weighted by Crippen LogP contribution is 2.03. The average Bonchev–Trinajstić information content (AvgIpc) is 2.84. The van der Waals surface area contributed by atoms with Gasteiger partial charge in [-0.1, -0.05) is 35.0 Å². The summed E-state index contributed by atoms with van der Waals surface area (Å²) in [5.74, 6) is -0.102. The molecular formula is C13H17N5O. The van der Waals surface area contributed by atoms with Crippen LogP contribution in [0.15, 0.2) is 30.5 Å². The Hall–Kier alpha value is -2.21. The van der Waals surface area contributed by atoms with Gasteiger partial charge in [-0.2, -0.15) is 0 Å². The van der Waals surface area contributed by atoms with E-state index in [1.165, 1.54) is 10.2 Å². The highest BCUT2D eigenvalue weighted by molar-refractivity contribution is 5.75. The van der Waals surface area contributed by atoms with Crippen LogP contribution in [0.4, 0.5) is 0 Å². The molecule has 0 saturated heterocycles. The van der Waals surface area contributed by atoms with Crippen LogP contribution >= 0.6 is 0 Å². The molecule has 100 valence electrons. The molecule has 19 heavy (non-hydrogen) atoms. The fourth-order valence-electron chi connectivity index (χ4n) is 1.74. The van der Waals surface area contributed by atoms with Gasteiger partial charge in [0.1, 0.15) is 6.54 Å². The van der Waals surface area contributed by atoms with E-state index in [1.807, 2.05) is 31.2 Å². The maximum Gasteiger partial charge on any atom is 0.242 e. The summed E-state index contributed by atoms with van der Waals surface area (Å²) in [6.45, 7) is 3.01. The van der Waals surface area contributed by atoms with Crippen LogP contribution in [0.5, 0.6) is 0 Å². The number of hydrogen-bond donors (Lipinski definition) is 2. The fraction of sp³-hybridized carbons (Fsp3) is 0.308. The zero-order chi connectivity index (χ0) is 13.7. The summed E-state index contributed by atoms with van der Waals surface area (Å²) >= 11 is 0. The van der Waals surface area contributed by atoms with E-state index in [9.17, 15) is 4.79 Å². The van der Waals surface area contributed by atoms with Crippen molar-refractivity contribution < 1.29 is 4.79 Å². The van der Waals surface area contributed by atoms with Gasteiger partial charge in [0, 0.05) is 13.1 Å². The minimum absolute atomic E-state index is 0.102. The normalized spacial score (nSPS) is 10.4. The number of nitrogens with zero attached hydrogens (tertiary/aromatic N) is 3. The zero-order valence-corrected chi connectivity index (χ0v) is 10.8. The second kappa shape index (κ2) is 6.10. The van der Waals surface area contributed by atoms with Crippen LogP contribution in [0.2, 0.25) is 0 Å². The average molecular weight is 259 g/mol. The van der Waals surface area contributed by atoms with Crippen molar-refractivity contribution in [2.24, 2.45) is 5.73 Å². The molecule has 0 unspecified atom stereocenters. The van der Waals surface area contributed by atoms with Gasteiger partial charge in [0.25, 0.3) is 0 Å². The quantitative estimate of drug-likeness (QED) is 0.812. The standard InChI is InChI=1S/C13H17N5O/c1-10-3-2-4-11(5-10)7-15-13(19)9-18-8-12(6-14)16-17-18/h2-5,8H,6-7,9,14H2,1H3,(H,15,19). The Morgan fingerprint density at radius 2 is 2.32 bits per heavy atom. The highest BCUT2D eigenvalue weighted by Gasteiger charge is 2.05. The van der Waals surface area contributed by atoms with E-state index >= 15 is 0 Å². The van der Waals surface area contributed by atoms with Gasteiger partial charge in [0.05, 0.1) is 11.9 Å². The highest BCUT2D eigenvalue weighted by atomic mass is 16.2. The lowest BCUT2D eigenvalue weighted by atomic mass is 10.1. The Labute approximate surface area is 111 Å². The zero-order valence-electron chi connectivity index (χ0n) is 10.8. The van der Waals surface area contributed by atoms with Gasteiger partial charge >= 0.3 is 0 Å². The number of aryl methyl sites for hydroxylation is 1. The molecular weight excluding hydrogens is 242 g/mol. The Morgan fingerprint density at radius 1 is 1.47 bits per heavy atom. The summed E-state index contributed by atoms with van der Waals surface area (Å²) in [6, 6.07) is 8.02. The predicted octanol–water partition coefficient (Wildman–Crippen LogP) is 0.362. The molecule has 0 radical (unpaired) electrons. The van der Waals surface area contributed by atoms with E-state index in [2.05, 4.69) is 15.6 Å². The van der Waals surface area contributed by atoms with E-state index < -0.39 is 0 Å². The molecule has 1 aromatic heterocycles. The lowest BCUT2D eigenvalue weighted by Gasteiger charge is -2.05. The van der Waals surface area contributed by atoms with Gasteiger partial charge in [-0.25, -0.2) is 4.68 Å². The number of benzene rings is 1. The Morgan fingerprint density at radius 3 is 3.00 bits per heavy atom. The predicted molar refractivity (Wildman–Crippen MR) is 70.9 cm³/mol. The van der Waals surface area contributed by atoms with Crippen LogP contribution in [0.3, 0.4) is 0 Å². The molecule has 0 bridgehead atoms. The van der Waals surface area contributed by atoms with Crippen LogP contribution in [0.25, 0.3) is 0 Å². The molecule has 0 aliphatic carbocycles. The molecule has 0 fully saturated rings. The van der Waals surface area contributed by atoms with Crippen LogP contribution in [-0.4, -0.2) is 20.9 Å². The van der Waals surface area contributed by atoms with Crippen LogP contribution in [0, 0.1) is 6.92 Å². The van der Waals surface area contributed by atoms with Crippen molar-refractivity contribution in [1.82, 2.24) is 20.3 Å². The second-order valence-corrected chi connectivity index (χ2v) is 4.38. The third-order valence-corrected chi connectivity index (χ3v) is 2.67. The van der Waals surface area contributed by atoms with Gasteiger partial charge in [-0.3, -0.25) is 4.79 Å². The number of carbonyl (C=O) groups excluding carboxylic acids is 1. The number of carbonyl (C=O) groups is 1. The van der Waals surface area contributed by atoms with Gasteiger partial charge < -0.3 is 11.1 Å². The van der Waals surface area contributed by atoms with Crippen molar-refractivity contribution in [2.45, 2.75) is 26.6 Å². The Kier molecular flexibility index (Phi) is 4.25. The topological polar surface area (TPSA) is 85.8 Å². The molecule has 0 spiro atoms. The summed E-state index contributed by atoms with van der Waals surface area (Å²) in [5.41, 5.74) is 8.35. The Bertz CT molecular complexity index is 564. The van der Waals surface area contributed by atoms with E-state index in [0.717, 1.165) is 5.56 Å². The largest absolute Gasteiger partial charge is 0.350 e. The molecule has 3 N–H and O–H groups in total. The number of nitrogens with one attached hydrogen (secondary N) is 1. The molecule has 6 nitrogen and oxygen atoms in total. The number of aromatic nitrogens is 3. The van der Waals surface area contributed by atoms with E-state index in [4.69, 9.17) is 5.73 Å². The van der Waals surface area contributed by atoms with Crippen LogP contribution < -0.4 is 11.1 Å². The molecule has 2 rings (SSSR count). The van der Waals surface area contributed by atoms with Crippen LogP contribution in [-0.2, 0) is 24.4 Å². The van der Waals surface area contributed by atoms with Crippen molar-refractivity contribution >= 4 is 5.91 Å². The number of amides is 1. The molecule has 1 amide bonds. The molecule has 1 heterocycles. The first-order valence-electron chi connectivity index (χ1n) is 6.08. The van der Waals surface area contributed by atoms with Gasteiger partial charge in [-0.05, 0) is 12.5 Å². The Balaban J connectivity index is 1.84. The fourth-order valence-corrected chi connectivity index (χ4v) is 1.74. The van der Waals surface area contributed by atoms with Crippen molar-refractivity contribution in [2.75, 3.05) is 0 Å². The number of nitrogens with two attached hydrogens (primary N) is 1. The summed E-state index contributed by atoms with van der Waals surface area (Å²) in [7, 11) is 0. The summed E-state index contributed by atoms with van der Waals surface area (Å²) in [5, 5.41) is 10.5. The van der Waals surface area contributed by atoms with Gasteiger partial charge in [-0.15, -0.1) is 5.10 Å². The summed E-state index contributed by atoms with van der Waals surface area (Å²) in [6.07, 6.45) is 1.67. The van der Waals surface area contributed by atoms with E-state index in [0.29, 0.717) is 18.8 Å². The smallest absolute Gasteiger partial charge is 0.242 e. The summed E-state index contributed by atoms with van der Waals surface area (Å²) in [4.78, 5) is 11.7. The van der Waals surface area contributed by atoms with Gasteiger partial charge in [0.15, 0.2) is 0 Å². The van der Waals surface area contributed by atoms with Crippen molar-refractivity contribution in [1.29, 1.82) is 0 Å². The van der Waals surface area contributed by atoms with Crippen molar-refractivity contribution in [3.05, 3.63) is 47.3 Å². The SMILES string of the molecule is Cc1cccc(CNC(=O)Cn2cc(CN)nn2)c1. The molecule has 6 heteroatoms. The molecule has 1 aromatic carbocycles. The third kappa shape index (κ3) is 3.89. The lowest BCUT2D eigenvalue weighted by molar-refractivity contribution is -0.122. The first-order chi connectivity index (χ1) is 9.17. The molecule has 0 saturated carbocycles. The van der Waals surface area contributed by atoms with Gasteiger partial charge in [0.2, 0.25) is 5.91 Å². The molecule has 0 atom stereocenters. The van der Waals surface area contributed by atoms with Crippen molar-refractivity contribution in [3.63, 3.8) is 0 Å². The molecule has 0 aliphatic rings. The number of hydrogen-bond acceptors (Lipinski definition) is 4. The van der Waals surface area contributed by atoms with Crippen molar-refractivity contribution in [3.8, 4) is 0 Å². The molecule has 0 aliphatic heterocycles. The minimum Gasteiger partial charge on any atom is -0.350 e. The van der Waals surface area contributed by atoms with Crippen LogP contribution in [0.1, 0.15) is 16.8 Å². The van der Waals surface area contributed by atoms with E-state index in [1.54, 1.807) is 6.20 Å². The maximum atomic E-state index is 11.7. The lowest BCUT2D eigenvalue weighted by Crippen LogP contribution is -2.27.